The summed E-state index contributed by atoms with van der Waals surface area (Å²) < 4.78 is 65.2. The molecule has 1 aliphatic rings. The fourth-order valence-corrected chi connectivity index (χ4v) is 3.99. The molecular formula is C13H11KN5O9S2. The van der Waals surface area contributed by atoms with E-state index in [1.165, 1.54) is 0 Å². The summed E-state index contributed by atoms with van der Waals surface area (Å²) in [7, 11) is -9.89. The largest absolute Gasteiger partial charge is 0.397 e. The Hall–Kier alpha value is -1.67. The minimum Gasteiger partial charge on any atom is -0.397 e. The summed E-state index contributed by atoms with van der Waals surface area (Å²) in [5.74, 6) is 2.44. The van der Waals surface area contributed by atoms with Crippen LogP contribution >= 0.6 is 0 Å². The first kappa shape index (κ1) is 24.6. The van der Waals surface area contributed by atoms with Crippen molar-refractivity contribution in [2.45, 2.75) is 9.79 Å². The number of hydrogen-bond acceptors (Lipinski definition) is 9. The number of nitrogen functional groups attached to an aromatic ring is 1. The predicted molar refractivity (Wildman–Crippen MR) is 100 cm³/mol. The number of urea groups is 1. The molecular weight excluding hydrogens is 473 g/mol. The van der Waals surface area contributed by atoms with Crippen LogP contribution in [0.15, 0.2) is 28.0 Å². The normalized spacial score (nSPS) is 13.8. The van der Waals surface area contributed by atoms with Crippen molar-refractivity contribution >= 4 is 106 Å². The number of nitrogens with zero attached hydrogens (tertiary/aromatic N) is 1. The van der Waals surface area contributed by atoms with E-state index < -0.39 is 70.1 Å². The third-order valence-electron chi connectivity index (χ3n) is 4.00. The summed E-state index contributed by atoms with van der Waals surface area (Å²) in [6.07, 6.45) is 0. The molecule has 155 valence electrons. The molecule has 0 aromatic heterocycles. The monoisotopic (exact) mass is 484 g/mol. The van der Waals surface area contributed by atoms with Crippen LogP contribution < -0.4 is 22.4 Å². The van der Waals surface area contributed by atoms with Crippen LogP contribution in [0.1, 0.15) is 20.7 Å². The first-order chi connectivity index (χ1) is 13.3. The van der Waals surface area contributed by atoms with Crippen molar-refractivity contribution in [3.05, 3.63) is 29.3 Å². The molecule has 0 fully saturated rings. The molecule has 0 atom stereocenters. The van der Waals surface area contributed by atoms with E-state index in [-0.39, 0.29) is 61.8 Å². The van der Waals surface area contributed by atoms with Gasteiger partial charge in [0, 0.05) is 62.2 Å². The van der Waals surface area contributed by atoms with Gasteiger partial charge < -0.3 is 5.73 Å². The van der Waals surface area contributed by atoms with Gasteiger partial charge in [-0.05, 0) is 18.2 Å². The molecule has 0 saturated heterocycles. The Balaban J connectivity index is 0.00000320. The number of benzene rings is 2. The number of carbonyl (C=O) groups excluding carboxylic acids is 3. The smallest absolute Gasteiger partial charge is 0.348 e. The molecule has 8 N–H and O–H groups in total. The van der Waals surface area contributed by atoms with Gasteiger partial charge in [0.05, 0.1) is 21.7 Å². The fourth-order valence-electron chi connectivity index (χ4n) is 2.80. The van der Waals surface area contributed by atoms with E-state index in [1.54, 1.807) is 10.9 Å². The molecule has 3 rings (SSSR count). The molecule has 2 aromatic rings. The van der Waals surface area contributed by atoms with Crippen molar-refractivity contribution in [1.82, 2.24) is 15.9 Å². The van der Waals surface area contributed by atoms with Crippen LogP contribution in [-0.4, -0.2) is 100 Å². The third kappa shape index (κ3) is 4.08. The molecule has 0 unspecified atom stereocenters. The molecule has 0 spiro atoms. The summed E-state index contributed by atoms with van der Waals surface area (Å²) in [5.41, 5.74) is 7.42. The van der Waals surface area contributed by atoms with Crippen molar-refractivity contribution in [1.29, 1.82) is 0 Å². The van der Waals surface area contributed by atoms with Gasteiger partial charge in [-0.1, -0.05) is 0 Å². The van der Waals surface area contributed by atoms with Crippen LogP contribution in [0.5, 0.6) is 0 Å². The molecule has 0 saturated carbocycles. The first-order valence-corrected chi connectivity index (χ1v) is 10.2. The number of anilines is 1. The quantitative estimate of drug-likeness (QED) is 0.0541. The number of nitrogens with two attached hydrogens (primary N) is 2. The topological polar surface area (TPSA) is 239 Å². The summed E-state index contributed by atoms with van der Waals surface area (Å²) >= 11 is 0. The van der Waals surface area contributed by atoms with Gasteiger partial charge in [0.15, 0.2) is 0 Å². The minimum absolute atomic E-state index is 0. The Morgan fingerprint density at radius 1 is 0.967 bits per heavy atom. The first-order valence-electron chi connectivity index (χ1n) is 7.28. The van der Waals surface area contributed by atoms with E-state index in [2.05, 4.69) is 0 Å². The van der Waals surface area contributed by atoms with Crippen molar-refractivity contribution in [2.75, 3.05) is 5.73 Å². The summed E-state index contributed by atoms with van der Waals surface area (Å²) in [6, 6.07) is 0.894. The molecule has 1 aliphatic heterocycles. The van der Waals surface area contributed by atoms with E-state index in [1.807, 2.05) is 0 Å². The second kappa shape index (κ2) is 8.11. The molecule has 17 heteroatoms. The van der Waals surface area contributed by atoms with E-state index >= 15 is 0 Å². The van der Waals surface area contributed by atoms with Gasteiger partial charge in [-0.3, -0.25) is 24.1 Å². The summed E-state index contributed by atoms with van der Waals surface area (Å²) in [5, 5.41) is -0.523. The Bertz CT molecular complexity index is 1320. The van der Waals surface area contributed by atoms with Gasteiger partial charge in [-0.15, -0.1) is 0 Å². The van der Waals surface area contributed by atoms with Crippen LogP contribution in [-0.2, 0) is 20.2 Å². The zero-order valence-corrected chi connectivity index (χ0v) is 19.7. The number of imide groups is 1. The fraction of sp³-hybridized carbons (Fsp3) is 0. The Labute approximate surface area is 210 Å². The number of hydrazine groups is 2. The summed E-state index contributed by atoms with van der Waals surface area (Å²) in [6.45, 7) is 0. The zero-order valence-electron chi connectivity index (χ0n) is 14.9. The van der Waals surface area contributed by atoms with Crippen LogP contribution in [0.25, 0.3) is 10.8 Å². The van der Waals surface area contributed by atoms with E-state index in [9.17, 15) is 40.3 Å². The molecule has 0 bridgehead atoms. The third-order valence-corrected chi connectivity index (χ3v) is 5.72. The second-order valence-electron chi connectivity index (χ2n) is 5.71. The number of hydrogen-bond donors (Lipinski definition) is 6. The molecule has 1 radical (unpaired) electrons. The maximum absolute atomic E-state index is 12.7. The van der Waals surface area contributed by atoms with E-state index in [4.69, 9.17) is 11.6 Å². The van der Waals surface area contributed by atoms with Crippen LogP contribution in [0.2, 0.25) is 0 Å². The van der Waals surface area contributed by atoms with Crippen LogP contribution in [0, 0.1) is 0 Å². The van der Waals surface area contributed by atoms with Gasteiger partial charge in [-0.2, -0.15) is 21.8 Å². The average Bonchev–Trinajstić information content (AvgIpc) is 2.61. The van der Waals surface area contributed by atoms with Crippen LogP contribution in [0.4, 0.5) is 10.5 Å². The molecule has 2 aromatic carbocycles. The molecule has 1 heterocycles. The molecule has 4 amide bonds. The second-order valence-corrected chi connectivity index (χ2v) is 8.52. The molecule has 0 aliphatic carbocycles. The van der Waals surface area contributed by atoms with Gasteiger partial charge in [0.25, 0.3) is 32.1 Å². The average molecular weight is 484 g/mol. The van der Waals surface area contributed by atoms with E-state index in [0.29, 0.717) is 12.1 Å². The Morgan fingerprint density at radius 3 is 1.97 bits per heavy atom. The maximum atomic E-state index is 12.7. The number of rotatable bonds is 3. The predicted octanol–water partition coefficient (Wildman–Crippen LogP) is -1.78. The Morgan fingerprint density at radius 2 is 1.50 bits per heavy atom. The zero-order chi connectivity index (χ0) is 21.9. The number of amides is 4. The van der Waals surface area contributed by atoms with Crippen molar-refractivity contribution in [3.63, 3.8) is 0 Å². The Kier molecular flexibility index (Phi) is 6.65. The van der Waals surface area contributed by atoms with Gasteiger partial charge >= 0.3 is 6.03 Å². The molecule has 14 nitrogen and oxygen atoms in total. The van der Waals surface area contributed by atoms with Crippen LogP contribution in [0.3, 0.4) is 0 Å². The summed E-state index contributed by atoms with van der Waals surface area (Å²) in [4.78, 5) is 35.0. The van der Waals surface area contributed by atoms with Gasteiger partial charge in [-0.25, -0.2) is 16.1 Å². The minimum atomic E-state index is -4.99. The number of carbonyl (C=O) groups is 3. The van der Waals surface area contributed by atoms with Gasteiger partial charge in [0.1, 0.15) is 4.90 Å². The van der Waals surface area contributed by atoms with Crippen molar-refractivity contribution in [2.24, 2.45) is 5.84 Å². The van der Waals surface area contributed by atoms with Gasteiger partial charge in [0.2, 0.25) is 0 Å². The SMILES string of the molecule is NNC(=O)NN1C(=O)c2cc(S(=O)(=O)O)cc3c(N)c(S(=O)(=O)O)cc(c23)C1=O.[K]. The van der Waals surface area contributed by atoms with Crippen molar-refractivity contribution < 1.29 is 40.3 Å². The maximum Gasteiger partial charge on any atom is 0.348 e. The number of nitrogens with one attached hydrogen (secondary N) is 2. The standard InChI is InChI=1S/C13H11N5O9S2.K/c14-10-5-1-4(28(22,23)24)2-6-9(5)7(3-8(10)29(25,26)27)12(20)18(11(6)19)17-13(21)16-15;/h1-3H,14-15H2,(H2,16,17,21)(H,22,23,24)(H,25,26,27);. The molecule has 30 heavy (non-hydrogen) atoms. The van der Waals surface area contributed by atoms with Crippen molar-refractivity contribution in [3.8, 4) is 0 Å². The van der Waals surface area contributed by atoms with E-state index in [0.717, 1.165) is 6.07 Å².